The molecule has 1 aliphatic rings. The number of benzene rings is 2. The van der Waals surface area contributed by atoms with Gasteiger partial charge in [0.25, 0.3) is 5.91 Å². The molecule has 0 radical (unpaired) electrons. The van der Waals surface area contributed by atoms with Gasteiger partial charge in [0.15, 0.2) is 0 Å². The second-order valence-corrected chi connectivity index (χ2v) is 7.38. The standard InChI is InChI=1S/C24H22N2O5/c27-22-13-19(14-26(22)15-21-7-4-12-30-21)24(29)31-16-17-8-10-18(11-9-17)23(28)25-20-5-2-1-3-6-20/h1-12,19H,13-16H2,(H,25,28)/t19-/m1/s1. The van der Waals surface area contributed by atoms with Crippen LogP contribution in [0.3, 0.4) is 0 Å². The van der Waals surface area contributed by atoms with Crippen molar-refractivity contribution in [2.45, 2.75) is 19.6 Å². The van der Waals surface area contributed by atoms with E-state index < -0.39 is 11.9 Å². The first kappa shape index (κ1) is 20.4. The van der Waals surface area contributed by atoms with Crippen molar-refractivity contribution in [1.82, 2.24) is 4.90 Å². The van der Waals surface area contributed by atoms with Crippen LogP contribution in [0.25, 0.3) is 0 Å². The summed E-state index contributed by atoms with van der Waals surface area (Å²) in [7, 11) is 0. The Kier molecular flexibility index (Phi) is 6.12. The zero-order valence-corrected chi connectivity index (χ0v) is 16.8. The number of carbonyl (C=O) groups excluding carboxylic acids is 3. The van der Waals surface area contributed by atoms with Gasteiger partial charge in [-0.2, -0.15) is 0 Å². The van der Waals surface area contributed by atoms with Crippen LogP contribution < -0.4 is 5.32 Å². The number of likely N-dealkylation sites (tertiary alicyclic amines) is 1. The van der Waals surface area contributed by atoms with Gasteiger partial charge >= 0.3 is 5.97 Å². The number of nitrogens with one attached hydrogen (secondary N) is 1. The molecular formula is C24H22N2O5. The van der Waals surface area contributed by atoms with Gasteiger partial charge in [-0.3, -0.25) is 14.4 Å². The number of carbonyl (C=O) groups is 3. The average molecular weight is 418 g/mol. The Morgan fingerprint density at radius 3 is 2.52 bits per heavy atom. The molecule has 1 fully saturated rings. The molecule has 4 rings (SSSR count). The predicted molar refractivity (Wildman–Crippen MR) is 113 cm³/mol. The summed E-state index contributed by atoms with van der Waals surface area (Å²) in [6.45, 7) is 0.751. The minimum Gasteiger partial charge on any atom is -0.467 e. The summed E-state index contributed by atoms with van der Waals surface area (Å²) >= 11 is 0. The molecule has 158 valence electrons. The third-order valence-electron chi connectivity index (χ3n) is 5.10. The molecule has 0 saturated carbocycles. The summed E-state index contributed by atoms with van der Waals surface area (Å²) in [6.07, 6.45) is 1.69. The number of esters is 1. The van der Waals surface area contributed by atoms with Crippen LogP contribution in [0.2, 0.25) is 0 Å². The minimum absolute atomic E-state index is 0.0856. The lowest BCUT2D eigenvalue weighted by Gasteiger charge is -2.14. The van der Waals surface area contributed by atoms with Crippen LogP contribution in [0.5, 0.6) is 0 Å². The van der Waals surface area contributed by atoms with Crippen LogP contribution in [-0.2, 0) is 27.5 Å². The summed E-state index contributed by atoms with van der Waals surface area (Å²) in [4.78, 5) is 38.5. The average Bonchev–Trinajstić information content (AvgIpc) is 3.43. The number of amides is 2. The van der Waals surface area contributed by atoms with E-state index in [4.69, 9.17) is 9.15 Å². The lowest BCUT2D eigenvalue weighted by molar-refractivity contribution is -0.149. The van der Waals surface area contributed by atoms with E-state index in [1.807, 2.05) is 30.3 Å². The molecule has 1 N–H and O–H groups in total. The first-order valence-electron chi connectivity index (χ1n) is 10.0. The highest BCUT2D eigenvalue weighted by atomic mass is 16.5. The summed E-state index contributed by atoms with van der Waals surface area (Å²) in [6, 6.07) is 19.6. The van der Waals surface area contributed by atoms with Crippen molar-refractivity contribution in [3.8, 4) is 0 Å². The lowest BCUT2D eigenvalue weighted by atomic mass is 10.1. The van der Waals surface area contributed by atoms with Gasteiger partial charge in [-0.25, -0.2) is 0 Å². The smallest absolute Gasteiger partial charge is 0.311 e. The van der Waals surface area contributed by atoms with Crippen LogP contribution in [0.15, 0.2) is 77.4 Å². The topological polar surface area (TPSA) is 88.8 Å². The monoisotopic (exact) mass is 418 g/mol. The van der Waals surface area contributed by atoms with E-state index in [1.165, 1.54) is 0 Å². The number of ether oxygens (including phenoxy) is 1. The van der Waals surface area contributed by atoms with Gasteiger partial charge in [-0.05, 0) is 42.0 Å². The molecule has 0 unspecified atom stereocenters. The number of anilines is 1. The fourth-order valence-corrected chi connectivity index (χ4v) is 3.42. The Morgan fingerprint density at radius 1 is 1.03 bits per heavy atom. The maximum Gasteiger partial charge on any atom is 0.311 e. The summed E-state index contributed by atoms with van der Waals surface area (Å²) < 4.78 is 10.7. The van der Waals surface area contributed by atoms with Crippen LogP contribution in [0, 0.1) is 5.92 Å². The van der Waals surface area contributed by atoms with Gasteiger partial charge in [0.2, 0.25) is 5.91 Å². The zero-order chi connectivity index (χ0) is 21.6. The molecule has 1 aliphatic heterocycles. The fourth-order valence-electron chi connectivity index (χ4n) is 3.42. The number of hydrogen-bond acceptors (Lipinski definition) is 5. The van der Waals surface area contributed by atoms with Crippen molar-refractivity contribution < 1.29 is 23.5 Å². The Bertz CT molecular complexity index is 1050. The fraction of sp³-hybridized carbons (Fsp3) is 0.208. The van der Waals surface area contributed by atoms with Crippen molar-refractivity contribution in [2.24, 2.45) is 5.92 Å². The first-order chi connectivity index (χ1) is 15.1. The van der Waals surface area contributed by atoms with Crippen LogP contribution >= 0.6 is 0 Å². The van der Waals surface area contributed by atoms with Gasteiger partial charge < -0.3 is 19.4 Å². The van der Waals surface area contributed by atoms with E-state index in [0.29, 0.717) is 24.4 Å². The quantitative estimate of drug-likeness (QED) is 0.592. The molecule has 2 heterocycles. The molecule has 1 saturated heterocycles. The summed E-state index contributed by atoms with van der Waals surface area (Å²) in [5, 5.41) is 2.82. The molecular weight excluding hydrogens is 396 g/mol. The van der Waals surface area contributed by atoms with Crippen LogP contribution in [0.1, 0.15) is 28.1 Å². The lowest BCUT2D eigenvalue weighted by Crippen LogP contribution is -2.26. The van der Waals surface area contributed by atoms with Crippen LogP contribution in [0.4, 0.5) is 5.69 Å². The molecule has 3 aromatic rings. The molecule has 1 atom stereocenters. The Morgan fingerprint density at radius 2 is 1.81 bits per heavy atom. The zero-order valence-electron chi connectivity index (χ0n) is 16.8. The van der Waals surface area contributed by atoms with Crippen molar-refractivity contribution in [3.05, 3.63) is 89.9 Å². The van der Waals surface area contributed by atoms with E-state index in [-0.39, 0.29) is 24.8 Å². The number of furan rings is 1. The van der Waals surface area contributed by atoms with Crippen molar-refractivity contribution >= 4 is 23.5 Å². The Labute approximate surface area is 179 Å². The highest BCUT2D eigenvalue weighted by Gasteiger charge is 2.35. The number of rotatable bonds is 7. The summed E-state index contributed by atoms with van der Waals surface area (Å²) in [5.74, 6) is -0.513. The molecule has 2 aromatic carbocycles. The maximum atomic E-state index is 12.4. The molecule has 1 aromatic heterocycles. The largest absolute Gasteiger partial charge is 0.467 e. The van der Waals surface area contributed by atoms with E-state index in [0.717, 1.165) is 11.3 Å². The number of nitrogens with zero attached hydrogens (tertiary/aromatic N) is 1. The normalized spacial score (nSPS) is 15.7. The number of hydrogen-bond donors (Lipinski definition) is 1. The van der Waals surface area contributed by atoms with Gasteiger partial charge in [-0.1, -0.05) is 30.3 Å². The van der Waals surface area contributed by atoms with Crippen molar-refractivity contribution in [2.75, 3.05) is 11.9 Å². The number of para-hydroxylation sites is 1. The van der Waals surface area contributed by atoms with Gasteiger partial charge in [0.1, 0.15) is 12.4 Å². The molecule has 0 bridgehead atoms. The van der Waals surface area contributed by atoms with Crippen molar-refractivity contribution in [1.29, 1.82) is 0 Å². The molecule has 2 amide bonds. The molecule has 0 spiro atoms. The molecule has 7 nitrogen and oxygen atoms in total. The summed E-state index contributed by atoms with van der Waals surface area (Å²) in [5.41, 5.74) is 1.99. The van der Waals surface area contributed by atoms with E-state index in [9.17, 15) is 14.4 Å². The van der Waals surface area contributed by atoms with Gasteiger partial charge in [0.05, 0.1) is 18.7 Å². The molecule has 0 aliphatic carbocycles. The SMILES string of the molecule is O=C(Nc1ccccc1)c1ccc(COC(=O)[C@@H]2CC(=O)N(Cc3ccco3)C2)cc1. The van der Waals surface area contributed by atoms with Gasteiger partial charge in [-0.15, -0.1) is 0 Å². The molecule has 31 heavy (non-hydrogen) atoms. The third kappa shape index (κ3) is 5.19. The minimum atomic E-state index is -0.488. The second kappa shape index (κ2) is 9.30. The maximum absolute atomic E-state index is 12.4. The third-order valence-corrected chi connectivity index (χ3v) is 5.10. The van der Waals surface area contributed by atoms with E-state index in [1.54, 1.807) is 47.6 Å². The highest BCUT2D eigenvalue weighted by molar-refractivity contribution is 6.04. The predicted octanol–water partition coefficient (Wildman–Crippen LogP) is 3.62. The van der Waals surface area contributed by atoms with Gasteiger partial charge in [0, 0.05) is 24.2 Å². The van der Waals surface area contributed by atoms with E-state index in [2.05, 4.69) is 5.32 Å². The Hall–Kier alpha value is -3.87. The highest BCUT2D eigenvalue weighted by Crippen LogP contribution is 2.22. The van der Waals surface area contributed by atoms with Crippen molar-refractivity contribution in [3.63, 3.8) is 0 Å². The Balaban J connectivity index is 1.26. The molecule has 7 heteroatoms. The first-order valence-corrected chi connectivity index (χ1v) is 10.0. The second-order valence-electron chi connectivity index (χ2n) is 7.38. The van der Waals surface area contributed by atoms with E-state index >= 15 is 0 Å². The van der Waals surface area contributed by atoms with Crippen LogP contribution in [-0.4, -0.2) is 29.2 Å².